The van der Waals surface area contributed by atoms with E-state index in [-0.39, 0.29) is 12.3 Å². The van der Waals surface area contributed by atoms with E-state index in [4.69, 9.17) is 5.11 Å². The first-order valence-electron chi connectivity index (χ1n) is 5.48. The van der Waals surface area contributed by atoms with Crippen LogP contribution in [0.1, 0.15) is 19.7 Å². The number of carboxylic acid groups (broad SMARTS) is 1. The predicted octanol–water partition coefficient (Wildman–Crippen LogP) is 0.586. The predicted molar refractivity (Wildman–Crippen MR) is 72.0 cm³/mol. The third kappa shape index (κ3) is 3.93. The van der Waals surface area contributed by atoms with Gasteiger partial charge in [0.1, 0.15) is 5.82 Å². The molecule has 1 aromatic rings. The van der Waals surface area contributed by atoms with Crippen molar-refractivity contribution in [3.05, 3.63) is 5.82 Å². The molecule has 0 fully saturated rings. The fraction of sp³-hybridized carbons (Fsp3) is 0.700. The molecule has 0 saturated carbocycles. The molecular formula is C10H17N3O4S2. The average Bonchev–Trinajstić information content (AvgIpc) is 2.55. The molecule has 0 aliphatic rings. The summed E-state index contributed by atoms with van der Waals surface area (Å²) in [6.45, 7) is 5.13. The molecule has 0 radical (unpaired) electrons. The van der Waals surface area contributed by atoms with Crippen LogP contribution < -0.4 is 0 Å². The van der Waals surface area contributed by atoms with Crippen LogP contribution in [0.2, 0.25) is 0 Å². The Morgan fingerprint density at radius 2 is 2.00 bits per heavy atom. The minimum Gasteiger partial charge on any atom is -0.481 e. The molecule has 1 N–H and O–H groups in total. The molecule has 1 heterocycles. The van der Waals surface area contributed by atoms with Crippen LogP contribution in [-0.2, 0) is 21.2 Å². The van der Waals surface area contributed by atoms with Crippen molar-refractivity contribution < 1.29 is 18.3 Å². The van der Waals surface area contributed by atoms with Gasteiger partial charge in [0.25, 0.3) is 0 Å². The summed E-state index contributed by atoms with van der Waals surface area (Å²) >= 11 is 1.02. The molecule has 0 bridgehead atoms. The first-order valence-corrected chi connectivity index (χ1v) is 8.36. The first kappa shape index (κ1) is 16.0. The summed E-state index contributed by atoms with van der Waals surface area (Å²) in [5.74, 6) is -0.540. The van der Waals surface area contributed by atoms with Crippen molar-refractivity contribution in [2.75, 3.05) is 12.0 Å². The Morgan fingerprint density at radius 1 is 1.42 bits per heavy atom. The number of thioether (sulfide) groups is 1. The van der Waals surface area contributed by atoms with Gasteiger partial charge in [0.05, 0.1) is 10.5 Å². The number of nitrogens with zero attached hydrogens (tertiary/aromatic N) is 3. The van der Waals surface area contributed by atoms with Gasteiger partial charge in [-0.25, -0.2) is 8.42 Å². The quantitative estimate of drug-likeness (QED) is 0.767. The van der Waals surface area contributed by atoms with Gasteiger partial charge in [-0.05, 0) is 20.8 Å². The van der Waals surface area contributed by atoms with Crippen LogP contribution in [0.5, 0.6) is 0 Å². The molecular weight excluding hydrogens is 290 g/mol. The van der Waals surface area contributed by atoms with Crippen molar-refractivity contribution >= 4 is 27.6 Å². The maximum atomic E-state index is 11.7. The molecule has 0 aliphatic carbocycles. The van der Waals surface area contributed by atoms with E-state index >= 15 is 0 Å². The van der Waals surface area contributed by atoms with E-state index in [9.17, 15) is 13.2 Å². The van der Waals surface area contributed by atoms with Gasteiger partial charge in [0.15, 0.2) is 15.0 Å². The Bertz CT molecular complexity index is 578. The zero-order valence-corrected chi connectivity index (χ0v) is 12.9. The minimum absolute atomic E-state index is 0.141. The number of sulfone groups is 1. The van der Waals surface area contributed by atoms with Crippen molar-refractivity contribution in [1.82, 2.24) is 14.8 Å². The summed E-state index contributed by atoms with van der Waals surface area (Å²) in [6, 6.07) is 0. The van der Waals surface area contributed by atoms with Gasteiger partial charge in [0.2, 0.25) is 0 Å². The second kappa shape index (κ2) is 5.49. The van der Waals surface area contributed by atoms with Gasteiger partial charge in [-0.1, -0.05) is 11.8 Å². The van der Waals surface area contributed by atoms with Gasteiger partial charge in [-0.2, -0.15) is 0 Å². The molecule has 108 valence electrons. The van der Waals surface area contributed by atoms with E-state index in [1.807, 2.05) is 0 Å². The van der Waals surface area contributed by atoms with Crippen LogP contribution in [0, 0.1) is 6.92 Å². The number of aromatic nitrogens is 3. The van der Waals surface area contributed by atoms with Crippen molar-refractivity contribution in [3.63, 3.8) is 0 Å². The van der Waals surface area contributed by atoms with E-state index in [2.05, 4.69) is 10.2 Å². The SMILES string of the molecule is Cc1nnc(SCC(=O)O)n1CC(C)(C)S(C)(=O)=O. The van der Waals surface area contributed by atoms with E-state index < -0.39 is 20.6 Å². The zero-order chi connectivity index (χ0) is 14.8. The van der Waals surface area contributed by atoms with E-state index in [1.54, 1.807) is 25.3 Å². The lowest BCUT2D eigenvalue weighted by Crippen LogP contribution is -2.36. The van der Waals surface area contributed by atoms with Crippen molar-refractivity contribution in [1.29, 1.82) is 0 Å². The highest BCUT2D eigenvalue weighted by atomic mass is 32.2. The molecule has 7 nitrogen and oxygen atoms in total. The topological polar surface area (TPSA) is 102 Å². The number of aliphatic carboxylic acids is 1. The highest BCUT2D eigenvalue weighted by molar-refractivity contribution is 7.99. The summed E-state index contributed by atoms with van der Waals surface area (Å²) in [7, 11) is -3.25. The summed E-state index contributed by atoms with van der Waals surface area (Å²) in [4.78, 5) is 10.6. The summed E-state index contributed by atoms with van der Waals surface area (Å²) in [6.07, 6.45) is 1.18. The van der Waals surface area contributed by atoms with Gasteiger partial charge in [-0.15, -0.1) is 10.2 Å². The number of carbonyl (C=O) groups is 1. The molecule has 0 saturated heterocycles. The molecule has 0 atom stereocenters. The highest BCUT2D eigenvalue weighted by Gasteiger charge is 2.32. The van der Waals surface area contributed by atoms with Gasteiger partial charge in [-0.3, -0.25) is 4.79 Å². The minimum atomic E-state index is -3.25. The molecule has 1 rings (SSSR count). The Hall–Kier alpha value is -1.09. The number of rotatable bonds is 6. The Morgan fingerprint density at radius 3 is 2.47 bits per heavy atom. The normalized spacial score (nSPS) is 12.6. The highest BCUT2D eigenvalue weighted by Crippen LogP contribution is 2.23. The molecule has 0 unspecified atom stereocenters. The molecule has 9 heteroatoms. The van der Waals surface area contributed by atoms with E-state index in [1.165, 1.54) is 6.26 Å². The van der Waals surface area contributed by atoms with Gasteiger partial charge >= 0.3 is 5.97 Å². The Kier molecular flexibility index (Phi) is 4.62. The van der Waals surface area contributed by atoms with Crippen LogP contribution in [-0.4, -0.2) is 51.0 Å². The molecule has 19 heavy (non-hydrogen) atoms. The average molecular weight is 307 g/mol. The number of hydrogen-bond donors (Lipinski definition) is 1. The zero-order valence-electron chi connectivity index (χ0n) is 11.2. The lowest BCUT2D eigenvalue weighted by atomic mass is 10.2. The molecule has 0 spiro atoms. The lowest BCUT2D eigenvalue weighted by Gasteiger charge is -2.24. The van der Waals surface area contributed by atoms with Crippen LogP contribution in [0.15, 0.2) is 5.16 Å². The number of carboxylic acids is 1. The standard InChI is InChI=1S/C10H17N3O4S2/c1-7-11-12-9(18-5-8(14)15)13(7)6-10(2,3)19(4,16)17/h5-6H2,1-4H3,(H,14,15). The smallest absolute Gasteiger partial charge is 0.313 e. The fourth-order valence-corrected chi connectivity index (χ4v) is 2.34. The van der Waals surface area contributed by atoms with Crippen LogP contribution in [0.3, 0.4) is 0 Å². The van der Waals surface area contributed by atoms with Crippen molar-refractivity contribution in [3.8, 4) is 0 Å². The number of aryl methyl sites for hydroxylation is 1. The lowest BCUT2D eigenvalue weighted by molar-refractivity contribution is -0.133. The van der Waals surface area contributed by atoms with Gasteiger partial charge < -0.3 is 9.67 Å². The van der Waals surface area contributed by atoms with E-state index in [0.29, 0.717) is 11.0 Å². The number of hydrogen-bond acceptors (Lipinski definition) is 6. The Balaban J connectivity index is 3.01. The monoisotopic (exact) mass is 307 g/mol. The van der Waals surface area contributed by atoms with Crippen LogP contribution in [0.4, 0.5) is 0 Å². The maximum absolute atomic E-state index is 11.7. The van der Waals surface area contributed by atoms with Gasteiger partial charge in [0, 0.05) is 12.8 Å². The fourth-order valence-electron chi connectivity index (χ4n) is 1.27. The summed E-state index contributed by atoms with van der Waals surface area (Å²) < 4.78 is 24.1. The second-order valence-corrected chi connectivity index (χ2v) is 8.42. The first-order chi connectivity index (χ1) is 8.54. The molecule has 1 aromatic heterocycles. The molecule has 0 aliphatic heterocycles. The van der Waals surface area contributed by atoms with Crippen molar-refractivity contribution in [2.24, 2.45) is 0 Å². The third-order valence-corrected chi connectivity index (χ3v) is 5.86. The molecule has 0 amide bonds. The largest absolute Gasteiger partial charge is 0.481 e. The maximum Gasteiger partial charge on any atom is 0.313 e. The molecule has 0 aromatic carbocycles. The summed E-state index contributed by atoms with van der Waals surface area (Å²) in [5.41, 5.74) is 0. The van der Waals surface area contributed by atoms with Crippen LogP contribution in [0.25, 0.3) is 0 Å². The second-order valence-electron chi connectivity index (χ2n) is 4.83. The van der Waals surface area contributed by atoms with Crippen molar-refractivity contribution in [2.45, 2.75) is 37.2 Å². The third-order valence-electron chi connectivity index (χ3n) is 2.77. The van der Waals surface area contributed by atoms with Crippen LogP contribution >= 0.6 is 11.8 Å². The van der Waals surface area contributed by atoms with E-state index in [0.717, 1.165) is 11.8 Å². The summed E-state index contributed by atoms with van der Waals surface area (Å²) in [5, 5.41) is 16.8. The Labute approximate surface area is 116 Å².